The van der Waals surface area contributed by atoms with Crippen molar-refractivity contribution < 1.29 is 0 Å². The van der Waals surface area contributed by atoms with Crippen LogP contribution in [0.15, 0.2) is 22.7 Å². The van der Waals surface area contributed by atoms with Gasteiger partial charge >= 0.3 is 0 Å². The summed E-state index contributed by atoms with van der Waals surface area (Å²) in [7, 11) is 2.11. The molecule has 84 valence electrons. The van der Waals surface area contributed by atoms with Gasteiger partial charge in [-0.2, -0.15) is 11.8 Å². The van der Waals surface area contributed by atoms with Crippen molar-refractivity contribution in [1.29, 1.82) is 0 Å². The zero-order chi connectivity index (χ0) is 11.3. The van der Waals surface area contributed by atoms with E-state index in [0.29, 0.717) is 6.54 Å². The second-order valence-electron chi connectivity index (χ2n) is 3.39. The Morgan fingerprint density at radius 2 is 2.20 bits per heavy atom. The summed E-state index contributed by atoms with van der Waals surface area (Å²) >= 11 is 5.39. The van der Waals surface area contributed by atoms with E-state index < -0.39 is 0 Å². The second kappa shape index (κ2) is 6.40. The van der Waals surface area contributed by atoms with E-state index in [-0.39, 0.29) is 0 Å². The molecule has 0 aliphatic carbocycles. The molecule has 0 radical (unpaired) electrons. The fourth-order valence-electron chi connectivity index (χ4n) is 1.30. The van der Waals surface area contributed by atoms with Gasteiger partial charge < -0.3 is 10.6 Å². The molecule has 15 heavy (non-hydrogen) atoms. The first kappa shape index (κ1) is 12.9. The summed E-state index contributed by atoms with van der Waals surface area (Å²) in [5.74, 6) is 1.15. The molecular formula is C11H17BrN2S. The van der Waals surface area contributed by atoms with Gasteiger partial charge in [0, 0.05) is 36.1 Å². The van der Waals surface area contributed by atoms with Gasteiger partial charge in [-0.25, -0.2) is 0 Å². The summed E-state index contributed by atoms with van der Waals surface area (Å²) in [4.78, 5) is 2.25. The van der Waals surface area contributed by atoms with Crippen LogP contribution in [0.5, 0.6) is 0 Å². The van der Waals surface area contributed by atoms with Gasteiger partial charge in [-0.05, 0) is 24.0 Å². The third-order valence-corrected chi connectivity index (χ3v) is 3.66. The van der Waals surface area contributed by atoms with Crippen molar-refractivity contribution in [2.45, 2.75) is 6.54 Å². The highest BCUT2D eigenvalue weighted by molar-refractivity contribution is 9.10. The summed E-state index contributed by atoms with van der Waals surface area (Å²) in [5, 5.41) is 0. The van der Waals surface area contributed by atoms with E-state index in [9.17, 15) is 0 Å². The Morgan fingerprint density at radius 1 is 1.47 bits per heavy atom. The van der Waals surface area contributed by atoms with Gasteiger partial charge in [0.1, 0.15) is 0 Å². The SMILES string of the molecule is CSCCN(C)c1ccc(CN)c(Br)c1. The molecule has 1 aromatic rings. The molecule has 2 N–H and O–H groups in total. The van der Waals surface area contributed by atoms with E-state index in [2.05, 4.69) is 52.3 Å². The molecule has 0 aromatic heterocycles. The number of benzene rings is 1. The molecule has 0 aliphatic heterocycles. The van der Waals surface area contributed by atoms with E-state index in [1.54, 1.807) is 0 Å². The van der Waals surface area contributed by atoms with Crippen molar-refractivity contribution in [3.05, 3.63) is 28.2 Å². The Balaban J connectivity index is 2.73. The number of thioether (sulfide) groups is 1. The lowest BCUT2D eigenvalue weighted by molar-refractivity contribution is 0.972. The Morgan fingerprint density at radius 3 is 2.73 bits per heavy atom. The lowest BCUT2D eigenvalue weighted by Gasteiger charge is -2.19. The molecule has 0 bridgehead atoms. The Kier molecular flexibility index (Phi) is 5.50. The molecular weight excluding hydrogens is 272 g/mol. The molecule has 0 heterocycles. The van der Waals surface area contributed by atoms with Crippen LogP contribution in [0.4, 0.5) is 5.69 Å². The van der Waals surface area contributed by atoms with Gasteiger partial charge in [0.15, 0.2) is 0 Å². The standard InChI is InChI=1S/C11H17BrN2S/c1-14(5-6-15-2)10-4-3-9(8-13)11(12)7-10/h3-4,7H,5-6,8,13H2,1-2H3. The van der Waals surface area contributed by atoms with Gasteiger partial charge in [-0.3, -0.25) is 0 Å². The van der Waals surface area contributed by atoms with Crippen LogP contribution in [-0.2, 0) is 6.54 Å². The van der Waals surface area contributed by atoms with Crippen molar-refractivity contribution in [1.82, 2.24) is 0 Å². The highest BCUT2D eigenvalue weighted by atomic mass is 79.9. The number of hydrogen-bond acceptors (Lipinski definition) is 3. The van der Waals surface area contributed by atoms with E-state index in [4.69, 9.17) is 5.73 Å². The van der Waals surface area contributed by atoms with Crippen LogP contribution in [0.2, 0.25) is 0 Å². The third kappa shape index (κ3) is 3.70. The van der Waals surface area contributed by atoms with Crippen molar-refractivity contribution in [3.8, 4) is 0 Å². The van der Waals surface area contributed by atoms with Gasteiger partial charge in [-0.15, -0.1) is 0 Å². The highest BCUT2D eigenvalue weighted by Gasteiger charge is 2.03. The smallest absolute Gasteiger partial charge is 0.0375 e. The third-order valence-electron chi connectivity index (χ3n) is 2.33. The molecule has 0 unspecified atom stereocenters. The van der Waals surface area contributed by atoms with Gasteiger partial charge in [-0.1, -0.05) is 22.0 Å². The van der Waals surface area contributed by atoms with Crippen LogP contribution >= 0.6 is 27.7 Å². The molecule has 1 aromatic carbocycles. The molecule has 0 aliphatic rings. The van der Waals surface area contributed by atoms with E-state index in [0.717, 1.165) is 22.3 Å². The number of hydrogen-bond donors (Lipinski definition) is 1. The minimum atomic E-state index is 0.579. The van der Waals surface area contributed by atoms with Crippen molar-refractivity contribution >= 4 is 33.4 Å². The van der Waals surface area contributed by atoms with Gasteiger partial charge in [0.2, 0.25) is 0 Å². The average molecular weight is 289 g/mol. The lowest BCUT2D eigenvalue weighted by atomic mass is 10.2. The number of nitrogens with two attached hydrogens (primary N) is 1. The normalized spacial score (nSPS) is 10.4. The maximum Gasteiger partial charge on any atom is 0.0375 e. The molecule has 0 saturated carbocycles. The topological polar surface area (TPSA) is 29.3 Å². The minimum absolute atomic E-state index is 0.579. The molecule has 1 rings (SSSR count). The predicted octanol–water partition coefficient (Wildman–Crippen LogP) is 2.71. The van der Waals surface area contributed by atoms with Crippen molar-refractivity contribution in [2.24, 2.45) is 5.73 Å². The molecule has 0 spiro atoms. The van der Waals surface area contributed by atoms with Crippen LogP contribution in [0, 0.1) is 0 Å². The van der Waals surface area contributed by atoms with Gasteiger partial charge in [0.05, 0.1) is 0 Å². The Labute approximate surface area is 104 Å². The second-order valence-corrected chi connectivity index (χ2v) is 5.23. The molecule has 2 nitrogen and oxygen atoms in total. The Bertz CT molecular complexity index is 317. The molecule has 0 atom stereocenters. The summed E-state index contributed by atoms with van der Waals surface area (Å²) in [5.41, 5.74) is 7.99. The summed E-state index contributed by atoms with van der Waals surface area (Å²) in [6.07, 6.45) is 2.13. The van der Waals surface area contributed by atoms with Gasteiger partial charge in [0.25, 0.3) is 0 Å². The van der Waals surface area contributed by atoms with Crippen LogP contribution in [-0.4, -0.2) is 25.6 Å². The molecule has 0 fully saturated rings. The number of rotatable bonds is 5. The quantitative estimate of drug-likeness (QED) is 0.903. The van der Waals surface area contributed by atoms with Crippen LogP contribution in [0.1, 0.15) is 5.56 Å². The number of anilines is 1. The summed E-state index contributed by atoms with van der Waals surface area (Å²) < 4.78 is 1.10. The first-order valence-electron chi connectivity index (χ1n) is 4.87. The van der Waals surface area contributed by atoms with E-state index in [1.807, 2.05) is 11.8 Å². The molecule has 4 heteroatoms. The van der Waals surface area contributed by atoms with E-state index in [1.165, 1.54) is 5.69 Å². The minimum Gasteiger partial charge on any atom is -0.374 e. The molecule has 0 saturated heterocycles. The highest BCUT2D eigenvalue weighted by Crippen LogP contribution is 2.23. The monoisotopic (exact) mass is 288 g/mol. The first-order valence-corrected chi connectivity index (χ1v) is 7.06. The van der Waals surface area contributed by atoms with Crippen molar-refractivity contribution in [2.75, 3.05) is 30.5 Å². The van der Waals surface area contributed by atoms with Crippen LogP contribution < -0.4 is 10.6 Å². The predicted molar refractivity (Wildman–Crippen MR) is 73.7 cm³/mol. The zero-order valence-electron chi connectivity index (χ0n) is 9.16. The summed E-state index contributed by atoms with van der Waals surface area (Å²) in [6, 6.07) is 6.32. The van der Waals surface area contributed by atoms with Crippen molar-refractivity contribution in [3.63, 3.8) is 0 Å². The maximum atomic E-state index is 5.61. The number of halogens is 1. The first-order chi connectivity index (χ1) is 7.19. The van der Waals surface area contributed by atoms with E-state index >= 15 is 0 Å². The molecule has 0 amide bonds. The fourth-order valence-corrected chi connectivity index (χ4v) is 2.28. The van der Waals surface area contributed by atoms with Crippen LogP contribution in [0.3, 0.4) is 0 Å². The van der Waals surface area contributed by atoms with Crippen LogP contribution in [0.25, 0.3) is 0 Å². The largest absolute Gasteiger partial charge is 0.374 e. The summed E-state index contributed by atoms with van der Waals surface area (Å²) in [6.45, 7) is 1.64. The fraction of sp³-hybridized carbons (Fsp3) is 0.455. The maximum absolute atomic E-state index is 5.61. The number of nitrogens with zero attached hydrogens (tertiary/aromatic N) is 1. The Hall–Kier alpha value is -0.190. The average Bonchev–Trinajstić information content (AvgIpc) is 2.25. The lowest BCUT2D eigenvalue weighted by Crippen LogP contribution is -2.20. The zero-order valence-corrected chi connectivity index (χ0v) is 11.6.